The largest absolute Gasteiger partial charge is 0.469 e. The summed E-state index contributed by atoms with van der Waals surface area (Å²) in [5, 5.41) is 14.8. The summed E-state index contributed by atoms with van der Waals surface area (Å²) < 4.78 is 5.22. The molecule has 0 aliphatic carbocycles. The molecule has 2 rings (SSSR count). The highest BCUT2D eigenvalue weighted by molar-refractivity contribution is 6.31. The lowest BCUT2D eigenvalue weighted by atomic mass is 10.1. The van der Waals surface area contributed by atoms with Crippen molar-refractivity contribution in [1.82, 2.24) is 0 Å². The zero-order valence-electron chi connectivity index (χ0n) is 11.3. The number of furan rings is 1. The summed E-state index contributed by atoms with van der Waals surface area (Å²) in [4.78, 5) is 12.3. The van der Waals surface area contributed by atoms with Gasteiger partial charge in [0.05, 0.1) is 17.5 Å². The van der Waals surface area contributed by atoms with E-state index >= 15 is 0 Å². The number of nitrogens with zero attached hydrogens (tertiary/aromatic N) is 1. The number of hydrogen-bond acceptors (Lipinski definition) is 4. The molecule has 0 aliphatic heterocycles. The number of aryl methyl sites for hydroxylation is 1. The molecule has 7 heteroatoms. The summed E-state index contributed by atoms with van der Waals surface area (Å²) in [6.45, 7) is 1.89. The van der Waals surface area contributed by atoms with Gasteiger partial charge in [-0.2, -0.15) is 0 Å². The standard InChI is InChI=1S/C14H14ClN3O3/c1-2-12-10(5-6-21-12)14(19)17-11-7-8(15)3-4-9(11)13(16)18-20/h3-7,20H,2H2,1H3,(H2,16,18)(H,17,19). The average Bonchev–Trinajstić information content (AvgIpc) is 2.95. The van der Waals surface area contributed by atoms with E-state index in [1.807, 2.05) is 6.92 Å². The molecule has 1 amide bonds. The van der Waals surface area contributed by atoms with Gasteiger partial charge in [-0.15, -0.1) is 0 Å². The molecule has 2 aromatic rings. The molecule has 0 spiro atoms. The van der Waals surface area contributed by atoms with E-state index in [2.05, 4.69) is 10.5 Å². The van der Waals surface area contributed by atoms with E-state index in [1.54, 1.807) is 18.2 Å². The van der Waals surface area contributed by atoms with Crippen molar-refractivity contribution < 1.29 is 14.4 Å². The van der Waals surface area contributed by atoms with E-state index in [9.17, 15) is 4.79 Å². The van der Waals surface area contributed by atoms with Crippen LogP contribution in [0, 0.1) is 0 Å². The fraction of sp³-hybridized carbons (Fsp3) is 0.143. The minimum Gasteiger partial charge on any atom is -0.469 e. The fourth-order valence-corrected chi connectivity index (χ4v) is 2.08. The minimum absolute atomic E-state index is 0.120. The summed E-state index contributed by atoms with van der Waals surface area (Å²) in [6, 6.07) is 6.25. The molecule has 0 bridgehead atoms. The van der Waals surface area contributed by atoms with Gasteiger partial charge in [0.15, 0.2) is 5.84 Å². The summed E-state index contributed by atoms with van der Waals surface area (Å²) in [7, 11) is 0. The number of amides is 1. The van der Waals surface area contributed by atoms with E-state index in [1.165, 1.54) is 12.3 Å². The van der Waals surface area contributed by atoms with Gasteiger partial charge in [0.2, 0.25) is 0 Å². The Morgan fingerprint density at radius 3 is 2.86 bits per heavy atom. The maximum Gasteiger partial charge on any atom is 0.259 e. The number of carbonyl (C=O) groups is 1. The van der Waals surface area contributed by atoms with Crippen LogP contribution in [0.2, 0.25) is 5.02 Å². The van der Waals surface area contributed by atoms with Crippen LogP contribution < -0.4 is 11.1 Å². The zero-order valence-corrected chi connectivity index (χ0v) is 12.0. The van der Waals surface area contributed by atoms with Crippen LogP contribution in [-0.2, 0) is 6.42 Å². The second-order valence-electron chi connectivity index (χ2n) is 4.24. The number of oxime groups is 1. The number of amidine groups is 1. The minimum atomic E-state index is -0.352. The van der Waals surface area contributed by atoms with Crippen molar-refractivity contribution in [3.8, 4) is 0 Å². The Labute approximate surface area is 126 Å². The second kappa shape index (κ2) is 6.32. The summed E-state index contributed by atoms with van der Waals surface area (Å²) in [5.41, 5.74) is 6.74. The Hall–Kier alpha value is -2.47. The van der Waals surface area contributed by atoms with E-state index in [-0.39, 0.29) is 11.7 Å². The monoisotopic (exact) mass is 307 g/mol. The van der Waals surface area contributed by atoms with Gasteiger partial charge in [0, 0.05) is 17.0 Å². The van der Waals surface area contributed by atoms with E-state index < -0.39 is 0 Å². The highest BCUT2D eigenvalue weighted by Gasteiger charge is 2.16. The first-order chi connectivity index (χ1) is 10.1. The molecule has 21 heavy (non-hydrogen) atoms. The van der Waals surface area contributed by atoms with Crippen LogP contribution >= 0.6 is 11.6 Å². The van der Waals surface area contributed by atoms with E-state index in [4.69, 9.17) is 27.0 Å². The van der Waals surface area contributed by atoms with Gasteiger partial charge in [0.25, 0.3) is 5.91 Å². The maximum atomic E-state index is 12.3. The first kappa shape index (κ1) is 14.9. The van der Waals surface area contributed by atoms with Crippen molar-refractivity contribution >= 4 is 29.0 Å². The van der Waals surface area contributed by atoms with Crippen molar-refractivity contribution in [1.29, 1.82) is 0 Å². The maximum absolute atomic E-state index is 12.3. The van der Waals surface area contributed by atoms with Gasteiger partial charge in [0.1, 0.15) is 5.76 Å². The number of halogens is 1. The van der Waals surface area contributed by atoms with Crippen molar-refractivity contribution in [3.05, 3.63) is 52.4 Å². The zero-order chi connectivity index (χ0) is 15.4. The lowest BCUT2D eigenvalue weighted by Gasteiger charge is -2.10. The van der Waals surface area contributed by atoms with Crippen LogP contribution in [-0.4, -0.2) is 17.0 Å². The molecule has 0 fully saturated rings. The molecule has 1 aromatic carbocycles. The predicted octanol–water partition coefficient (Wildman–Crippen LogP) is 2.84. The predicted molar refractivity (Wildman–Crippen MR) is 80.0 cm³/mol. The highest BCUT2D eigenvalue weighted by Crippen LogP contribution is 2.22. The van der Waals surface area contributed by atoms with Gasteiger partial charge >= 0.3 is 0 Å². The van der Waals surface area contributed by atoms with Gasteiger partial charge in [-0.25, -0.2) is 0 Å². The van der Waals surface area contributed by atoms with Crippen molar-refractivity contribution in [2.45, 2.75) is 13.3 Å². The highest BCUT2D eigenvalue weighted by atomic mass is 35.5. The Morgan fingerprint density at radius 2 is 2.19 bits per heavy atom. The Balaban J connectivity index is 2.35. The van der Waals surface area contributed by atoms with Crippen molar-refractivity contribution in [2.24, 2.45) is 10.9 Å². The van der Waals surface area contributed by atoms with Crippen LogP contribution in [0.4, 0.5) is 5.69 Å². The van der Waals surface area contributed by atoms with E-state index in [0.29, 0.717) is 34.0 Å². The molecule has 1 aromatic heterocycles. The number of rotatable bonds is 4. The normalized spacial score (nSPS) is 11.4. The number of carbonyl (C=O) groups excluding carboxylic acids is 1. The average molecular weight is 308 g/mol. The van der Waals surface area contributed by atoms with Gasteiger partial charge in [-0.05, 0) is 24.3 Å². The second-order valence-corrected chi connectivity index (χ2v) is 4.68. The number of hydrogen-bond donors (Lipinski definition) is 3. The fourth-order valence-electron chi connectivity index (χ4n) is 1.90. The van der Waals surface area contributed by atoms with Crippen LogP contribution in [0.15, 0.2) is 40.1 Å². The number of benzene rings is 1. The molecule has 1 heterocycles. The van der Waals surface area contributed by atoms with Crippen molar-refractivity contribution in [3.63, 3.8) is 0 Å². The Bertz CT molecular complexity index is 695. The molecular weight excluding hydrogens is 294 g/mol. The lowest BCUT2D eigenvalue weighted by molar-refractivity contribution is 0.102. The van der Waals surface area contributed by atoms with Gasteiger partial charge in [-0.3, -0.25) is 4.79 Å². The molecule has 6 nitrogen and oxygen atoms in total. The quantitative estimate of drug-likeness (QED) is 0.350. The lowest BCUT2D eigenvalue weighted by Crippen LogP contribution is -2.19. The number of nitrogens with two attached hydrogens (primary N) is 1. The third kappa shape index (κ3) is 3.17. The molecule has 0 saturated carbocycles. The SMILES string of the molecule is CCc1occc1C(=O)Nc1cc(Cl)ccc1/C(N)=N/O. The summed E-state index contributed by atoms with van der Waals surface area (Å²) >= 11 is 5.92. The topological polar surface area (TPSA) is 101 Å². The number of nitrogens with one attached hydrogen (secondary N) is 1. The molecular formula is C14H14ClN3O3. The van der Waals surface area contributed by atoms with Crippen LogP contribution in [0.3, 0.4) is 0 Å². The summed E-state index contributed by atoms with van der Waals surface area (Å²) in [6.07, 6.45) is 2.05. The van der Waals surface area contributed by atoms with Crippen molar-refractivity contribution in [2.75, 3.05) is 5.32 Å². The summed E-state index contributed by atoms with van der Waals surface area (Å²) in [5.74, 6) is 0.111. The van der Waals surface area contributed by atoms with Crippen LogP contribution in [0.25, 0.3) is 0 Å². The molecule has 110 valence electrons. The first-order valence-corrected chi connectivity index (χ1v) is 6.59. The molecule has 0 aliphatic rings. The molecule has 0 saturated heterocycles. The third-order valence-corrected chi connectivity index (χ3v) is 3.16. The van der Waals surface area contributed by atoms with Crippen LogP contribution in [0.5, 0.6) is 0 Å². The molecule has 0 radical (unpaired) electrons. The third-order valence-electron chi connectivity index (χ3n) is 2.92. The first-order valence-electron chi connectivity index (χ1n) is 6.22. The molecule has 4 N–H and O–H groups in total. The smallest absolute Gasteiger partial charge is 0.259 e. The molecule has 0 unspecified atom stereocenters. The van der Waals surface area contributed by atoms with E-state index in [0.717, 1.165) is 0 Å². The number of anilines is 1. The Kier molecular flexibility index (Phi) is 4.49. The Morgan fingerprint density at radius 1 is 1.43 bits per heavy atom. The van der Waals surface area contributed by atoms with Crippen LogP contribution in [0.1, 0.15) is 28.6 Å². The van der Waals surface area contributed by atoms with Gasteiger partial charge in [-0.1, -0.05) is 23.7 Å². The van der Waals surface area contributed by atoms with Gasteiger partial charge < -0.3 is 20.7 Å². The molecule has 0 atom stereocenters.